The van der Waals surface area contributed by atoms with E-state index in [1.54, 1.807) is 7.11 Å². The van der Waals surface area contributed by atoms with Crippen molar-refractivity contribution < 1.29 is 4.74 Å². The Morgan fingerprint density at radius 3 is 2.48 bits per heavy atom. The zero-order valence-electron chi connectivity index (χ0n) is 16.9. The molecule has 6 heteroatoms. The van der Waals surface area contributed by atoms with Crippen molar-refractivity contribution in [1.29, 1.82) is 0 Å². The van der Waals surface area contributed by atoms with Crippen molar-refractivity contribution in [3.8, 4) is 5.75 Å². The first kappa shape index (κ1) is 19.6. The largest absolute Gasteiger partial charge is 0.497 e. The molecule has 0 N–H and O–H groups in total. The Hall–Kier alpha value is -2.18. The van der Waals surface area contributed by atoms with Gasteiger partial charge in [-0.2, -0.15) is 0 Å². The van der Waals surface area contributed by atoms with E-state index in [9.17, 15) is 0 Å². The van der Waals surface area contributed by atoms with Crippen LogP contribution < -0.4 is 4.74 Å². The molecule has 2 aromatic rings. The number of hydrogen-bond donors (Lipinski definition) is 0. The molecule has 0 radical (unpaired) electrons. The van der Waals surface area contributed by atoms with Crippen molar-refractivity contribution in [2.45, 2.75) is 25.3 Å². The van der Waals surface area contributed by atoms with Crippen LogP contribution in [0.1, 0.15) is 36.0 Å². The van der Waals surface area contributed by atoms with Crippen LogP contribution in [0.2, 0.25) is 0 Å². The Bertz CT molecular complexity index is 742. The van der Waals surface area contributed by atoms with E-state index < -0.39 is 0 Å². The second-order valence-electron chi connectivity index (χ2n) is 7.52. The van der Waals surface area contributed by atoms with E-state index in [4.69, 9.17) is 4.74 Å². The van der Waals surface area contributed by atoms with Gasteiger partial charge in [0.25, 0.3) is 0 Å². The topological polar surface area (TPSA) is 46.4 Å². The van der Waals surface area contributed by atoms with E-state index >= 15 is 0 Å². The van der Waals surface area contributed by atoms with Gasteiger partial charge in [0.05, 0.1) is 13.7 Å². The Balaban J connectivity index is 1.48. The highest BCUT2D eigenvalue weighted by Crippen LogP contribution is 2.27. The third-order valence-electron chi connectivity index (χ3n) is 5.20. The van der Waals surface area contributed by atoms with Gasteiger partial charge in [0.1, 0.15) is 17.4 Å². The van der Waals surface area contributed by atoms with E-state index in [2.05, 4.69) is 70.0 Å². The van der Waals surface area contributed by atoms with E-state index in [1.807, 2.05) is 12.1 Å². The molecule has 0 aliphatic carbocycles. The SMILES string of the molecule is COc1ccc(/C=C/CN2CCC(c3nnc(CN(C)C)n3C)CC2)cc1. The molecule has 1 aromatic carbocycles. The van der Waals surface area contributed by atoms with Gasteiger partial charge in [-0.25, -0.2) is 0 Å². The van der Waals surface area contributed by atoms with Crippen LogP contribution in [0, 0.1) is 0 Å². The lowest BCUT2D eigenvalue weighted by Crippen LogP contribution is -2.33. The summed E-state index contributed by atoms with van der Waals surface area (Å²) < 4.78 is 7.38. The fourth-order valence-corrected chi connectivity index (χ4v) is 3.58. The molecule has 0 unspecified atom stereocenters. The maximum Gasteiger partial charge on any atom is 0.146 e. The first-order chi connectivity index (χ1) is 13.1. The van der Waals surface area contributed by atoms with Gasteiger partial charge in [-0.1, -0.05) is 24.3 Å². The van der Waals surface area contributed by atoms with Gasteiger partial charge in [-0.15, -0.1) is 10.2 Å². The third-order valence-corrected chi connectivity index (χ3v) is 5.20. The molecular weight excluding hydrogens is 338 g/mol. The maximum absolute atomic E-state index is 5.20. The predicted molar refractivity (Wildman–Crippen MR) is 109 cm³/mol. The Morgan fingerprint density at radius 2 is 1.85 bits per heavy atom. The zero-order valence-corrected chi connectivity index (χ0v) is 16.9. The monoisotopic (exact) mass is 369 g/mol. The summed E-state index contributed by atoms with van der Waals surface area (Å²) in [5.41, 5.74) is 1.21. The molecule has 3 rings (SSSR count). The van der Waals surface area contributed by atoms with Crippen molar-refractivity contribution in [3.63, 3.8) is 0 Å². The predicted octanol–water partition coefficient (Wildman–Crippen LogP) is 2.78. The molecule has 1 aliphatic heterocycles. The number of methoxy groups -OCH3 is 1. The van der Waals surface area contributed by atoms with Gasteiger partial charge >= 0.3 is 0 Å². The van der Waals surface area contributed by atoms with Crippen LogP contribution in [0.15, 0.2) is 30.3 Å². The van der Waals surface area contributed by atoms with Crippen LogP contribution >= 0.6 is 0 Å². The normalized spacial score (nSPS) is 16.5. The molecule has 0 spiro atoms. The van der Waals surface area contributed by atoms with Gasteiger partial charge in [-0.05, 0) is 57.7 Å². The Morgan fingerprint density at radius 1 is 1.15 bits per heavy atom. The third kappa shape index (κ3) is 5.17. The molecule has 1 aromatic heterocycles. The standard InChI is InChI=1S/C21H31N5O/c1-24(2)16-20-22-23-21(25(20)3)18-11-14-26(15-12-18)13-5-6-17-7-9-19(27-4)10-8-17/h5-10,18H,11-16H2,1-4H3/b6-5+. The van der Waals surface area contributed by atoms with Gasteiger partial charge in [0.15, 0.2) is 0 Å². The maximum atomic E-state index is 5.20. The van der Waals surface area contributed by atoms with Crippen LogP contribution in [0.25, 0.3) is 6.08 Å². The van der Waals surface area contributed by atoms with Crippen LogP contribution in [-0.4, -0.2) is 65.4 Å². The van der Waals surface area contributed by atoms with Crippen LogP contribution in [0.5, 0.6) is 5.75 Å². The number of rotatable bonds is 7. The van der Waals surface area contributed by atoms with E-state index in [-0.39, 0.29) is 0 Å². The molecule has 6 nitrogen and oxygen atoms in total. The number of nitrogens with zero attached hydrogens (tertiary/aromatic N) is 5. The van der Waals surface area contributed by atoms with Gasteiger partial charge in [0.2, 0.25) is 0 Å². The summed E-state index contributed by atoms with van der Waals surface area (Å²) in [6.45, 7) is 4.03. The molecule has 0 amide bonds. The molecule has 1 fully saturated rings. The quantitative estimate of drug-likeness (QED) is 0.751. The molecule has 146 valence electrons. The molecule has 27 heavy (non-hydrogen) atoms. The molecule has 1 saturated heterocycles. The summed E-state index contributed by atoms with van der Waals surface area (Å²) in [4.78, 5) is 4.64. The number of aromatic nitrogens is 3. The summed E-state index contributed by atoms with van der Waals surface area (Å²) in [6.07, 6.45) is 6.72. The minimum Gasteiger partial charge on any atom is -0.497 e. The average Bonchev–Trinajstić information content (AvgIpc) is 3.03. The van der Waals surface area contributed by atoms with Crippen molar-refractivity contribution in [2.75, 3.05) is 40.8 Å². The number of likely N-dealkylation sites (tertiary alicyclic amines) is 1. The van der Waals surface area contributed by atoms with Crippen molar-refractivity contribution in [2.24, 2.45) is 7.05 Å². The minimum absolute atomic E-state index is 0.514. The van der Waals surface area contributed by atoms with Crippen LogP contribution in [0.4, 0.5) is 0 Å². The lowest BCUT2D eigenvalue weighted by molar-refractivity contribution is 0.227. The first-order valence-corrected chi connectivity index (χ1v) is 9.62. The van der Waals surface area contributed by atoms with Crippen LogP contribution in [0.3, 0.4) is 0 Å². The first-order valence-electron chi connectivity index (χ1n) is 9.62. The lowest BCUT2D eigenvalue weighted by atomic mass is 9.96. The molecule has 0 saturated carbocycles. The van der Waals surface area contributed by atoms with Crippen molar-refractivity contribution in [1.82, 2.24) is 24.6 Å². The number of ether oxygens (including phenoxy) is 1. The smallest absolute Gasteiger partial charge is 0.146 e. The summed E-state index contributed by atoms with van der Waals surface area (Å²) in [5, 5.41) is 8.86. The lowest BCUT2D eigenvalue weighted by Gasteiger charge is -2.30. The van der Waals surface area contributed by atoms with E-state index in [0.717, 1.165) is 56.4 Å². The zero-order chi connectivity index (χ0) is 19.2. The minimum atomic E-state index is 0.514. The molecule has 0 atom stereocenters. The van der Waals surface area contributed by atoms with Gasteiger partial charge < -0.3 is 14.2 Å². The number of hydrogen-bond acceptors (Lipinski definition) is 5. The molecule has 0 bridgehead atoms. The van der Waals surface area contributed by atoms with Crippen LogP contribution in [-0.2, 0) is 13.6 Å². The summed E-state index contributed by atoms with van der Waals surface area (Å²) in [7, 11) is 7.91. The second-order valence-corrected chi connectivity index (χ2v) is 7.52. The highest BCUT2D eigenvalue weighted by molar-refractivity contribution is 5.50. The van der Waals surface area contributed by atoms with E-state index in [0.29, 0.717) is 5.92 Å². The Kier molecular flexibility index (Phi) is 6.63. The fourth-order valence-electron chi connectivity index (χ4n) is 3.58. The summed E-state index contributed by atoms with van der Waals surface area (Å²) in [5.74, 6) is 3.59. The highest BCUT2D eigenvalue weighted by Gasteiger charge is 2.24. The Labute approximate surface area is 162 Å². The molecule has 2 heterocycles. The average molecular weight is 370 g/mol. The molecular formula is C21H31N5O. The highest BCUT2D eigenvalue weighted by atomic mass is 16.5. The van der Waals surface area contributed by atoms with Crippen molar-refractivity contribution in [3.05, 3.63) is 47.6 Å². The van der Waals surface area contributed by atoms with Gasteiger partial charge in [0, 0.05) is 19.5 Å². The second kappa shape index (κ2) is 9.15. The van der Waals surface area contributed by atoms with Gasteiger partial charge in [-0.3, -0.25) is 4.90 Å². The molecule has 1 aliphatic rings. The number of piperidine rings is 1. The van der Waals surface area contributed by atoms with E-state index in [1.165, 1.54) is 5.56 Å². The van der Waals surface area contributed by atoms with Crippen molar-refractivity contribution >= 4 is 6.08 Å². The summed E-state index contributed by atoms with van der Waals surface area (Å²) in [6, 6.07) is 8.16. The fraction of sp³-hybridized carbons (Fsp3) is 0.524. The summed E-state index contributed by atoms with van der Waals surface area (Å²) >= 11 is 0. The number of benzene rings is 1.